The highest BCUT2D eigenvalue weighted by Gasteiger charge is 2.29. The molecule has 1 aliphatic rings. The number of nitrogens with two attached hydrogens (primary N) is 2. The van der Waals surface area contributed by atoms with E-state index >= 15 is 0 Å². The van der Waals surface area contributed by atoms with Crippen LogP contribution in [0.4, 0.5) is 11.5 Å². The lowest BCUT2D eigenvalue weighted by Crippen LogP contribution is -2.09. The SMILES string of the molecule is Nc1c(Cl)c(Cl)nc(C(=O)O)c1Cl.Nc1nc(C2CC2)nc(C(=O)O)c1Cl. The maximum atomic E-state index is 10.7. The number of halogens is 4. The van der Waals surface area contributed by atoms with E-state index in [0.29, 0.717) is 5.82 Å². The summed E-state index contributed by atoms with van der Waals surface area (Å²) in [5, 5.41) is 16.9. The van der Waals surface area contributed by atoms with Gasteiger partial charge in [-0.25, -0.2) is 24.5 Å². The van der Waals surface area contributed by atoms with E-state index in [9.17, 15) is 9.59 Å². The van der Waals surface area contributed by atoms with Gasteiger partial charge in [0.1, 0.15) is 21.7 Å². The number of nitrogen functional groups attached to an aromatic ring is 2. The molecule has 0 radical (unpaired) electrons. The fraction of sp³-hybridized carbons (Fsp3) is 0.214. The highest BCUT2D eigenvalue weighted by molar-refractivity contribution is 6.46. The Hall–Kier alpha value is -2.07. The zero-order chi connectivity index (χ0) is 20.5. The molecule has 144 valence electrons. The summed E-state index contributed by atoms with van der Waals surface area (Å²) in [7, 11) is 0. The Bertz CT molecular complexity index is 936. The fourth-order valence-electron chi connectivity index (χ4n) is 1.82. The topological polar surface area (TPSA) is 165 Å². The van der Waals surface area contributed by atoms with E-state index < -0.39 is 17.6 Å². The molecular formula is C14H11Cl4N5O4. The number of carboxylic acids is 2. The lowest BCUT2D eigenvalue weighted by atomic mass is 10.3. The van der Waals surface area contributed by atoms with Crippen molar-refractivity contribution in [3.05, 3.63) is 37.4 Å². The van der Waals surface area contributed by atoms with Crippen LogP contribution in [-0.4, -0.2) is 37.1 Å². The van der Waals surface area contributed by atoms with E-state index in [1.807, 2.05) is 0 Å². The number of hydrogen-bond acceptors (Lipinski definition) is 7. The van der Waals surface area contributed by atoms with Gasteiger partial charge in [0.25, 0.3) is 0 Å². The van der Waals surface area contributed by atoms with E-state index in [1.165, 1.54) is 0 Å². The van der Waals surface area contributed by atoms with Crippen LogP contribution in [0.15, 0.2) is 0 Å². The summed E-state index contributed by atoms with van der Waals surface area (Å²) in [5.41, 5.74) is 10.1. The second-order valence-corrected chi connectivity index (χ2v) is 6.80. The molecule has 1 aliphatic carbocycles. The summed E-state index contributed by atoms with van der Waals surface area (Å²) in [6.45, 7) is 0. The Kier molecular flexibility index (Phi) is 6.53. The summed E-state index contributed by atoms with van der Waals surface area (Å²) in [6, 6.07) is 0. The van der Waals surface area contributed by atoms with Crippen LogP contribution in [0.25, 0.3) is 0 Å². The molecule has 1 saturated carbocycles. The average molecular weight is 455 g/mol. The molecule has 9 nitrogen and oxygen atoms in total. The van der Waals surface area contributed by atoms with E-state index in [0.717, 1.165) is 12.8 Å². The van der Waals surface area contributed by atoms with Crippen molar-refractivity contribution in [1.29, 1.82) is 0 Å². The molecular weight excluding hydrogens is 444 g/mol. The van der Waals surface area contributed by atoms with E-state index in [2.05, 4.69) is 15.0 Å². The van der Waals surface area contributed by atoms with Crippen LogP contribution in [0.5, 0.6) is 0 Å². The van der Waals surface area contributed by atoms with Crippen LogP contribution in [0, 0.1) is 0 Å². The molecule has 0 atom stereocenters. The first-order chi connectivity index (χ1) is 12.5. The third-order valence-electron chi connectivity index (χ3n) is 3.31. The minimum Gasteiger partial charge on any atom is -0.476 e. The van der Waals surface area contributed by atoms with Crippen molar-refractivity contribution < 1.29 is 19.8 Å². The van der Waals surface area contributed by atoms with Crippen LogP contribution in [0.3, 0.4) is 0 Å². The van der Waals surface area contributed by atoms with Gasteiger partial charge in [-0.1, -0.05) is 46.4 Å². The van der Waals surface area contributed by atoms with Gasteiger partial charge in [-0.3, -0.25) is 0 Å². The van der Waals surface area contributed by atoms with Crippen LogP contribution in [0.1, 0.15) is 45.6 Å². The van der Waals surface area contributed by atoms with Gasteiger partial charge in [-0.2, -0.15) is 0 Å². The number of aromatic carboxylic acids is 2. The quantitative estimate of drug-likeness (QED) is 0.506. The fourth-order valence-corrected chi connectivity index (χ4v) is 2.58. The number of anilines is 2. The van der Waals surface area contributed by atoms with Gasteiger partial charge < -0.3 is 21.7 Å². The Morgan fingerprint density at radius 1 is 0.852 bits per heavy atom. The number of nitrogens with zero attached hydrogens (tertiary/aromatic N) is 3. The van der Waals surface area contributed by atoms with Crippen LogP contribution >= 0.6 is 46.4 Å². The van der Waals surface area contributed by atoms with Crippen molar-refractivity contribution in [1.82, 2.24) is 15.0 Å². The predicted molar refractivity (Wildman–Crippen MR) is 101 cm³/mol. The number of pyridine rings is 1. The highest BCUT2D eigenvalue weighted by atomic mass is 35.5. The summed E-state index contributed by atoms with van der Waals surface area (Å²) < 4.78 is 0. The number of aromatic nitrogens is 3. The maximum Gasteiger partial charge on any atom is 0.356 e. The molecule has 13 heteroatoms. The molecule has 27 heavy (non-hydrogen) atoms. The molecule has 0 unspecified atom stereocenters. The third-order valence-corrected chi connectivity index (χ3v) is 4.82. The van der Waals surface area contributed by atoms with Crippen LogP contribution in [0.2, 0.25) is 20.2 Å². The van der Waals surface area contributed by atoms with Crippen molar-refractivity contribution in [2.75, 3.05) is 11.5 Å². The summed E-state index contributed by atoms with van der Waals surface area (Å²) in [4.78, 5) is 32.5. The summed E-state index contributed by atoms with van der Waals surface area (Å²) in [6.07, 6.45) is 1.97. The van der Waals surface area contributed by atoms with E-state index in [1.54, 1.807) is 0 Å². The third kappa shape index (κ3) is 4.81. The normalized spacial score (nSPS) is 12.9. The summed E-state index contributed by atoms with van der Waals surface area (Å²) >= 11 is 22.3. The van der Waals surface area contributed by atoms with E-state index in [-0.39, 0.29) is 43.3 Å². The second kappa shape index (κ2) is 8.30. The van der Waals surface area contributed by atoms with Crippen molar-refractivity contribution >= 4 is 69.8 Å². The van der Waals surface area contributed by atoms with Crippen molar-refractivity contribution in [3.63, 3.8) is 0 Å². The molecule has 3 rings (SSSR count). The summed E-state index contributed by atoms with van der Waals surface area (Å²) in [5.74, 6) is -1.70. The zero-order valence-corrected chi connectivity index (χ0v) is 16.2. The number of carboxylic acid groups (broad SMARTS) is 2. The molecule has 6 N–H and O–H groups in total. The Morgan fingerprint density at radius 3 is 1.85 bits per heavy atom. The lowest BCUT2D eigenvalue weighted by Gasteiger charge is -2.04. The second-order valence-electron chi connectivity index (χ2n) is 5.31. The van der Waals surface area contributed by atoms with Crippen molar-refractivity contribution in [2.24, 2.45) is 0 Å². The average Bonchev–Trinajstić information content (AvgIpc) is 3.43. The first kappa shape index (κ1) is 21.2. The van der Waals surface area contributed by atoms with Gasteiger partial charge in [-0.15, -0.1) is 0 Å². The minimum atomic E-state index is -1.31. The van der Waals surface area contributed by atoms with Crippen molar-refractivity contribution in [3.8, 4) is 0 Å². The molecule has 2 aromatic rings. The molecule has 1 fully saturated rings. The first-order valence-corrected chi connectivity index (χ1v) is 8.65. The Morgan fingerprint density at radius 2 is 1.37 bits per heavy atom. The van der Waals surface area contributed by atoms with Gasteiger partial charge in [-0.05, 0) is 12.8 Å². The molecule has 2 aromatic heterocycles. The Balaban J connectivity index is 0.000000194. The smallest absolute Gasteiger partial charge is 0.356 e. The lowest BCUT2D eigenvalue weighted by molar-refractivity contribution is 0.0680. The van der Waals surface area contributed by atoms with Crippen molar-refractivity contribution in [2.45, 2.75) is 18.8 Å². The molecule has 2 heterocycles. The highest BCUT2D eigenvalue weighted by Crippen LogP contribution is 2.39. The maximum absolute atomic E-state index is 10.7. The predicted octanol–water partition coefficient (Wildman–Crippen LogP) is 3.61. The van der Waals surface area contributed by atoms with Gasteiger partial charge in [0.2, 0.25) is 0 Å². The number of rotatable bonds is 3. The molecule has 0 bridgehead atoms. The van der Waals surface area contributed by atoms with Gasteiger partial charge in [0, 0.05) is 5.92 Å². The standard InChI is InChI=1S/C8H8ClN3O2.C6H3Cl3N2O2/c9-4-5(8(13)14)11-7(3-1-2-3)12-6(4)10;7-1-3(10)2(8)5(9)11-4(1)6(12)13/h3H,1-2H2,(H,13,14)(H2,10,11,12);(H2,10,11)(H,12,13). The van der Waals surface area contributed by atoms with Crippen LogP contribution in [-0.2, 0) is 0 Å². The monoisotopic (exact) mass is 453 g/mol. The van der Waals surface area contributed by atoms with E-state index in [4.69, 9.17) is 68.1 Å². The van der Waals surface area contributed by atoms with Crippen LogP contribution < -0.4 is 11.5 Å². The molecule has 0 aliphatic heterocycles. The molecule has 0 amide bonds. The number of hydrogen-bond donors (Lipinski definition) is 4. The number of carbonyl (C=O) groups is 2. The molecule has 0 saturated heterocycles. The Labute approximate surface area is 172 Å². The van der Waals surface area contributed by atoms with Gasteiger partial charge in [0.15, 0.2) is 16.5 Å². The molecule has 0 spiro atoms. The largest absolute Gasteiger partial charge is 0.476 e. The van der Waals surface area contributed by atoms with Gasteiger partial charge in [0.05, 0.1) is 10.7 Å². The first-order valence-electron chi connectivity index (χ1n) is 7.14. The minimum absolute atomic E-state index is 0.0426. The zero-order valence-electron chi connectivity index (χ0n) is 13.2. The molecule has 0 aromatic carbocycles. The van der Waals surface area contributed by atoms with Gasteiger partial charge >= 0.3 is 11.9 Å².